The lowest BCUT2D eigenvalue weighted by molar-refractivity contribution is 0.188. The maximum atomic E-state index is 9.69. The minimum absolute atomic E-state index is 0. The molecule has 0 bridgehead atoms. The van der Waals surface area contributed by atoms with Crippen molar-refractivity contribution in [3.05, 3.63) is 29.8 Å². The number of nitrogens with one attached hydrogen (secondary N) is 1. The van der Waals surface area contributed by atoms with Crippen LogP contribution in [0.2, 0.25) is 0 Å². The highest BCUT2D eigenvalue weighted by molar-refractivity contribution is 14.0. The molecule has 2 rings (SSSR count). The molecule has 1 aromatic carbocycles. The van der Waals surface area contributed by atoms with E-state index in [0.29, 0.717) is 12.5 Å². The number of ether oxygens (including phenoxy) is 1. The molecule has 2 atom stereocenters. The molecule has 0 aromatic heterocycles. The Morgan fingerprint density at radius 2 is 2.12 bits per heavy atom. The van der Waals surface area contributed by atoms with Crippen molar-refractivity contribution in [3.63, 3.8) is 0 Å². The highest BCUT2D eigenvalue weighted by atomic mass is 127. The predicted octanol–water partition coefficient (Wildman–Crippen LogP) is 2.84. The second-order valence-corrected chi connectivity index (χ2v) is 6.09. The topological polar surface area (TPSA) is 57.1 Å². The van der Waals surface area contributed by atoms with Crippen molar-refractivity contribution in [3.8, 4) is 5.75 Å². The lowest BCUT2D eigenvalue weighted by atomic mass is 9.98. The van der Waals surface area contributed by atoms with Crippen LogP contribution in [0, 0.1) is 0 Å². The van der Waals surface area contributed by atoms with Crippen LogP contribution in [0.3, 0.4) is 0 Å². The van der Waals surface area contributed by atoms with Gasteiger partial charge in [0.05, 0.1) is 13.2 Å². The molecule has 0 radical (unpaired) electrons. The maximum absolute atomic E-state index is 9.69. The third-order valence-electron chi connectivity index (χ3n) is 4.31. The summed E-state index contributed by atoms with van der Waals surface area (Å²) in [6, 6.07) is 8.25. The van der Waals surface area contributed by atoms with Gasteiger partial charge in [-0.2, -0.15) is 0 Å². The number of benzene rings is 1. The van der Waals surface area contributed by atoms with Crippen molar-refractivity contribution < 1.29 is 9.84 Å². The second kappa shape index (κ2) is 10.8. The Kier molecular flexibility index (Phi) is 9.43. The normalized spacial score (nSPS) is 18.9. The Morgan fingerprint density at radius 1 is 1.42 bits per heavy atom. The van der Waals surface area contributed by atoms with Crippen LogP contribution in [0.1, 0.15) is 38.2 Å². The van der Waals surface area contributed by atoms with Gasteiger partial charge < -0.3 is 20.1 Å². The summed E-state index contributed by atoms with van der Waals surface area (Å²) in [6.07, 6.45) is 1.60. The lowest BCUT2D eigenvalue weighted by Crippen LogP contribution is -2.40. The fourth-order valence-corrected chi connectivity index (χ4v) is 2.82. The zero-order valence-corrected chi connectivity index (χ0v) is 17.2. The number of methoxy groups -OCH3 is 1. The van der Waals surface area contributed by atoms with Crippen LogP contribution in [-0.4, -0.2) is 55.4 Å². The Labute approximate surface area is 162 Å². The average Bonchev–Trinajstić information content (AvgIpc) is 3.00. The summed E-state index contributed by atoms with van der Waals surface area (Å²) in [4.78, 5) is 6.87. The Balaban J connectivity index is 0.00000288. The molecule has 2 N–H and O–H groups in total. The standard InChI is InChI=1S/C18H29N3O2.HI/c1-4-19-18(21-12-10-16(22)13-21)20-11-9-14(2)15-5-7-17(23-3)8-6-15;/h5-8,14,16,22H,4,9-13H2,1-3H3,(H,19,20);1H/t14?,16-;/m1./s1. The van der Waals surface area contributed by atoms with Crippen LogP contribution in [0.25, 0.3) is 0 Å². The second-order valence-electron chi connectivity index (χ2n) is 6.09. The SMILES string of the molecule is CCNC(=NCCC(C)c1ccc(OC)cc1)N1CC[C@@H](O)C1.I. The van der Waals surface area contributed by atoms with Gasteiger partial charge in [0.1, 0.15) is 5.75 Å². The monoisotopic (exact) mass is 447 g/mol. The van der Waals surface area contributed by atoms with Crippen LogP contribution in [-0.2, 0) is 0 Å². The number of rotatable bonds is 6. The number of hydrogen-bond acceptors (Lipinski definition) is 3. The van der Waals surface area contributed by atoms with Crippen LogP contribution >= 0.6 is 24.0 Å². The van der Waals surface area contributed by atoms with E-state index in [1.807, 2.05) is 12.1 Å². The number of aliphatic imine (C=N–C) groups is 1. The molecule has 0 saturated carbocycles. The van der Waals surface area contributed by atoms with Crippen LogP contribution in [0.5, 0.6) is 5.75 Å². The number of guanidine groups is 1. The summed E-state index contributed by atoms with van der Waals surface area (Å²) < 4.78 is 5.20. The number of likely N-dealkylation sites (tertiary alicyclic amines) is 1. The van der Waals surface area contributed by atoms with Gasteiger partial charge in [0.2, 0.25) is 0 Å². The summed E-state index contributed by atoms with van der Waals surface area (Å²) in [5.41, 5.74) is 1.31. The summed E-state index contributed by atoms with van der Waals surface area (Å²) >= 11 is 0. The molecule has 1 aliphatic rings. The summed E-state index contributed by atoms with van der Waals surface area (Å²) in [5.74, 6) is 2.27. The number of halogens is 1. The first-order valence-corrected chi connectivity index (χ1v) is 8.49. The molecule has 0 amide bonds. The van der Waals surface area contributed by atoms with Gasteiger partial charge in [0.25, 0.3) is 0 Å². The van der Waals surface area contributed by atoms with E-state index in [2.05, 4.69) is 36.2 Å². The Hall–Kier alpha value is -1.02. The number of β-amino-alcohol motifs (C(OH)–C–C–N with tert-alkyl or cyclic N) is 1. The molecule has 6 heteroatoms. The molecule has 5 nitrogen and oxygen atoms in total. The van der Waals surface area contributed by atoms with E-state index < -0.39 is 0 Å². The third kappa shape index (κ3) is 6.12. The van der Waals surface area contributed by atoms with E-state index in [0.717, 1.165) is 44.2 Å². The van der Waals surface area contributed by atoms with Crippen molar-refractivity contribution in [2.24, 2.45) is 4.99 Å². The Morgan fingerprint density at radius 3 is 2.67 bits per heavy atom. The maximum Gasteiger partial charge on any atom is 0.194 e. The minimum Gasteiger partial charge on any atom is -0.497 e. The van der Waals surface area contributed by atoms with Crippen LogP contribution in [0.15, 0.2) is 29.3 Å². The van der Waals surface area contributed by atoms with Crippen LogP contribution in [0.4, 0.5) is 0 Å². The first kappa shape index (κ1) is 21.0. The number of aliphatic hydroxyl groups is 1. The van der Waals surface area contributed by atoms with E-state index in [1.165, 1.54) is 5.56 Å². The highest BCUT2D eigenvalue weighted by Gasteiger charge is 2.22. The molecule has 136 valence electrons. The van der Waals surface area contributed by atoms with E-state index in [-0.39, 0.29) is 30.1 Å². The van der Waals surface area contributed by atoms with Gasteiger partial charge in [-0.25, -0.2) is 0 Å². The molecule has 1 aliphatic heterocycles. The van der Waals surface area contributed by atoms with Gasteiger partial charge in [-0.1, -0.05) is 19.1 Å². The predicted molar refractivity (Wildman–Crippen MR) is 110 cm³/mol. The van der Waals surface area contributed by atoms with Gasteiger partial charge in [0.15, 0.2) is 5.96 Å². The molecule has 1 saturated heterocycles. The van der Waals surface area contributed by atoms with Crippen molar-refractivity contribution in [1.29, 1.82) is 0 Å². The fraction of sp³-hybridized carbons (Fsp3) is 0.611. The van der Waals surface area contributed by atoms with E-state index in [9.17, 15) is 5.11 Å². The first-order chi connectivity index (χ1) is 11.1. The smallest absolute Gasteiger partial charge is 0.194 e. The highest BCUT2D eigenvalue weighted by Crippen LogP contribution is 2.21. The molecule has 0 aliphatic carbocycles. The van der Waals surface area contributed by atoms with Crippen molar-refractivity contribution in [1.82, 2.24) is 10.2 Å². The number of nitrogens with zero attached hydrogens (tertiary/aromatic N) is 2. The summed E-state index contributed by atoms with van der Waals surface area (Å²) in [6.45, 7) is 7.48. The molecule has 1 heterocycles. The van der Waals surface area contributed by atoms with E-state index in [4.69, 9.17) is 9.73 Å². The van der Waals surface area contributed by atoms with Gasteiger partial charge in [-0.05, 0) is 43.4 Å². The number of hydrogen-bond donors (Lipinski definition) is 2. The molecule has 1 aromatic rings. The van der Waals surface area contributed by atoms with Crippen molar-refractivity contribution in [2.75, 3.05) is 33.3 Å². The zero-order chi connectivity index (χ0) is 16.7. The summed E-state index contributed by atoms with van der Waals surface area (Å²) in [5, 5.41) is 13.0. The molecular formula is C18H30IN3O2. The first-order valence-electron chi connectivity index (χ1n) is 8.49. The van der Waals surface area contributed by atoms with Gasteiger partial charge in [0, 0.05) is 26.2 Å². The van der Waals surface area contributed by atoms with Crippen molar-refractivity contribution in [2.45, 2.75) is 38.7 Å². The molecule has 0 spiro atoms. The lowest BCUT2D eigenvalue weighted by Gasteiger charge is -2.21. The molecular weight excluding hydrogens is 417 g/mol. The average molecular weight is 447 g/mol. The molecule has 24 heavy (non-hydrogen) atoms. The van der Waals surface area contributed by atoms with E-state index >= 15 is 0 Å². The zero-order valence-electron chi connectivity index (χ0n) is 14.9. The Bertz CT molecular complexity index is 507. The fourth-order valence-electron chi connectivity index (χ4n) is 2.82. The van der Waals surface area contributed by atoms with E-state index in [1.54, 1.807) is 7.11 Å². The molecule has 1 unspecified atom stereocenters. The number of aliphatic hydroxyl groups excluding tert-OH is 1. The third-order valence-corrected chi connectivity index (χ3v) is 4.31. The summed E-state index contributed by atoms with van der Waals surface area (Å²) in [7, 11) is 1.69. The van der Waals surface area contributed by atoms with Gasteiger partial charge in [-0.3, -0.25) is 4.99 Å². The van der Waals surface area contributed by atoms with Crippen molar-refractivity contribution >= 4 is 29.9 Å². The quantitative estimate of drug-likeness (QED) is 0.400. The van der Waals surface area contributed by atoms with Gasteiger partial charge in [-0.15, -0.1) is 24.0 Å². The minimum atomic E-state index is -0.225. The molecule has 1 fully saturated rings. The largest absolute Gasteiger partial charge is 0.497 e. The van der Waals surface area contributed by atoms with Crippen LogP contribution < -0.4 is 10.1 Å². The van der Waals surface area contributed by atoms with Gasteiger partial charge >= 0.3 is 0 Å².